The number of aromatic hydroxyl groups is 1. The molecule has 1 atom stereocenters. The summed E-state index contributed by atoms with van der Waals surface area (Å²) in [4.78, 5) is 21.5. The zero-order valence-corrected chi connectivity index (χ0v) is 19.6. The zero-order valence-electron chi connectivity index (χ0n) is 18.0. The molecule has 2 N–H and O–H groups in total. The molecule has 0 radical (unpaired) electrons. The van der Waals surface area contributed by atoms with Gasteiger partial charge in [-0.15, -0.1) is 11.8 Å². The molecule has 0 unspecified atom stereocenters. The summed E-state index contributed by atoms with van der Waals surface area (Å²) >= 11 is 6.99. The lowest BCUT2D eigenvalue weighted by Gasteiger charge is -2.19. The Morgan fingerprint density at radius 1 is 1.25 bits per heavy atom. The van der Waals surface area contributed by atoms with E-state index < -0.39 is 5.56 Å². The number of thioether (sulfide) groups is 1. The van der Waals surface area contributed by atoms with Crippen molar-refractivity contribution in [3.63, 3.8) is 0 Å². The van der Waals surface area contributed by atoms with Crippen LogP contribution in [0.1, 0.15) is 42.6 Å². The van der Waals surface area contributed by atoms with Crippen LogP contribution in [-0.4, -0.2) is 27.5 Å². The predicted octanol–water partition coefficient (Wildman–Crippen LogP) is 5.78. The number of unbranched alkanes of at least 4 members (excludes halogenated alkanes) is 1. The fraction of sp³-hybridized carbons (Fsp3) is 0.292. The van der Waals surface area contributed by atoms with Gasteiger partial charge in [0.2, 0.25) is 5.88 Å². The van der Waals surface area contributed by atoms with Crippen molar-refractivity contribution in [3.8, 4) is 11.6 Å². The molecule has 0 spiro atoms. The number of para-hydroxylation sites is 2. The molecule has 0 aliphatic carbocycles. The van der Waals surface area contributed by atoms with Gasteiger partial charge in [0.1, 0.15) is 11.3 Å². The Hall–Kier alpha value is -2.84. The number of rotatable bonds is 6. The van der Waals surface area contributed by atoms with Crippen LogP contribution in [0.25, 0.3) is 0 Å². The highest BCUT2D eigenvalue weighted by atomic mass is 32.2. The molecule has 1 aromatic heterocycles. The molecule has 8 heteroatoms. The Labute approximate surface area is 196 Å². The Bertz CT molecular complexity index is 1280. The van der Waals surface area contributed by atoms with E-state index in [1.807, 2.05) is 48.5 Å². The number of aromatic nitrogens is 2. The van der Waals surface area contributed by atoms with Crippen LogP contribution in [0.3, 0.4) is 0 Å². The standard InChI is InChI=1S/C24H25N3O3S2/c1-3-4-13-27-23(29)21(22(28)26-24(27)31)17-14-20(15-9-5-7-11-18(15)30-2)32-19-12-8-6-10-16(19)25-17/h5-12,20,29H,3-4,13-14H2,1-2H3,(H,26,28,31)/t20-/m0/s1. The maximum Gasteiger partial charge on any atom is 0.264 e. The van der Waals surface area contributed by atoms with Gasteiger partial charge in [0.15, 0.2) is 4.77 Å². The third-order valence-electron chi connectivity index (χ3n) is 5.45. The van der Waals surface area contributed by atoms with Gasteiger partial charge in [-0.25, -0.2) is 0 Å². The maximum atomic E-state index is 13.0. The third kappa shape index (κ3) is 4.38. The van der Waals surface area contributed by atoms with E-state index in [1.54, 1.807) is 23.4 Å². The SMILES string of the molecule is CCCCn1c(O)c(C2=Nc3ccccc3S[C@H](c3ccccc3OC)C2)c(=O)[nH]c1=S. The van der Waals surface area contributed by atoms with Crippen molar-refractivity contribution < 1.29 is 9.84 Å². The van der Waals surface area contributed by atoms with Gasteiger partial charge in [-0.2, -0.15) is 0 Å². The van der Waals surface area contributed by atoms with Crippen molar-refractivity contribution >= 4 is 35.4 Å². The number of hydrogen-bond acceptors (Lipinski definition) is 6. The minimum absolute atomic E-state index is 0.0559. The molecular formula is C24H25N3O3S2. The van der Waals surface area contributed by atoms with Crippen molar-refractivity contribution in [1.82, 2.24) is 9.55 Å². The highest BCUT2D eigenvalue weighted by molar-refractivity contribution is 7.99. The number of methoxy groups -OCH3 is 1. The first kappa shape index (κ1) is 22.4. The van der Waals surface area contributed by atoms with Crippen LogP contribution >= 0.6 is 24.0 Å². The Morgan fingerprint density at radius 3 is 2.78 bits per heavy atom. The van der Waals surface area contributed by atoms with Crippen LogP contribution in [0.5, 0.6) is 11.6 Å². The summed E-state index contributed by atoms with van der Waals surface area (Å²) in [5.74, 6) is 0.648. The second kappa shape index (κ2) is 9.75. The average Bonchev–Trinajstić information content (AvgIpc) is 2.98. The highest BCUT2D eigenvalue weighted by Crippen LogP contribution is 2.47. The summed E-state index contributed by atoms with van der Waals surface area (Å²) in [6.07, 6.45) is 2.22. The van der Waals surface area contributed by atoms with Crippen LogP contribution in [0.2, 0.25) is 0 Å². The van der Waals surface area contributed by atoms with Gasteiger partial charge in [0.05, 0.1) is 18.5 Å². The van der Waals surface area contributed by atoms with Crippen LogP contribution in [0, 0.1) is 4.77 Å². The third-order valence-corrected chi connectivity index (χ3v) is 7.08. The van der Waals surface area contributed by atoms with E-state index in [0.29, 0.717) is 18.7 Å². The summed E-state index contributed by atoms with van der Waals surface area (Å²) in [5.41, 5.74) is 2.05. The average molecular weight is 468 g/mol. The molecule has 4 rings (SSSR count). The molecular weight excluding hydrogens is 442 g/mol. The van der Waals surface area contributed by atoms with Crippen LogP contribution in [-0.2, 0) is 6.54 Å². The molecule has 166 valence electrons. The molecule has 2 heterocycles. The second-order valence-electron chi connectivity index (χ2n) is 7.54. The summed E-state index contributed by atoms with van der Waals surface area (Å²) < 4.78 is 7.41. The number of nitrogens with zero attached hydrogens (tertiary/aromatic N) is 2. The van der Waals surface area contributed by atoms with E-state index in [4.69, 9.17) is 21.9 Å². The molecule has 32 heavy (non-hydrogen) atoms. The van der Waals surface area contributed by atoms with E-state index >= 15 is 0 Å². The van der Waals surface area contributed by atoms with Crippen molar-refractivity contribution in [2.24, 2.45) is 4.99 Å². The van der Waals surface area contributed by atoms with Gasteiger partial charge in [-0.1, -0.05) is 43.7 Å². The highest BCUT2D eigenvalue weighted by Gasteiger charge is 2.28. The van der Waals surface area contributed by atoms with E-state index in [-0.39, 0.29) is 21.5 Å². The molecule has 0 amide bonds. The van der Waals surface area contributed by atoms with Gasteiger partial charge in [-0.05, 0) is 36.8 Å². The van der Waals surface area contributed by atoms with Crippen molar-refractivity contribution in [3.05, 3.63) is 74.8 Å². The Kier molecular flexibility index (Phi) is 6.81. The molecule has 0 saturated heterocycles. The van der Waals surface area contributed by atoms with Gasteiger partial charge in [0, 0.05) is 28.7 Å². The molecule has 1 aliphatic heterocycles. The minimum Gasteiger partial charge on any atom is -0.496 e. The molecule has 2 aromatic carbocycles. The summed E-state index contributed by atoms with van der Waals surface area (Å²) in [6.45, 7) is 2.59. The Morgan fingerprint density at radius 2 is 2.00 bits per heavy atom. The quantitative estimate of drug-likeness (QED) is 0.449. The number of ether oxygens (including phenoxy) is 1. The van der Waals surface area contributed by atoms with Crippen LogP contribution in [0.4, 0.5) is 5.69 Å². The number of nitrogens with one attached hydrogen (secondary N) is 1. The zero-order chi connectivity index (χ0) is 22.7. The van der Waals surface area contributed by atoms with E-state index in [2.05, 4.69) is 11.9 Å². The van der Waals surface area contributed by atoms with Crippen molar-refractivity contribution in [2.75, 3.05) is 7.11 Å². The number of aliphatic imine (C=N–C) groups is 1. The summed E-state index contributed by atoms with van der Waals surface area (Å²) in [6, 6.07) is 15.7. The summed E-state index contributed by atoms with van der Waals surface area (Å²) in [7, 11) is 1.65. The smallest absolute Gasteiger partial charge is 0.264 e. The van der Waals surface area contributed by atoms with Gasteiger partial charge in [0.25, 0.3) is 5.56 Å². The lowest BCUT2D eigenvalue weighted by molar-refractivity contribution is 0.398. The van der Waals surface area contributed by atoms with Gasteiger partial charge in [-0.3, -0.25) is 19.3 Å². The number of H-pyrrole nitrogens is 1. The van der Waals surface area contributed by atoms with E-state index in [1.165, 1.54) is 0 Å². The first-order valence-electron chi connectivity index (χ1n) is 10.6. The molecule has 3 aromatic rings. The molecule has 0 fully saturated rings. The lowest BCUT2D eigenvalue weighted by atomic mass is 10.0. The number of hydrogen-bond donors (Lipinski definition) is 2. The van der Waals surface area contributed by atoms with E-state index in [9.17, 15) is 9.90 Å². The first-order chi connectivity index (χ1) is 15.5. The van der Waals surface area contributed by atoms with Crippen LogP contribution < -0.4 is 10.3 Å². The predicted molar refractivity (Wildman–Crippen MR) is 131 cm³/mol. The first-order valence-corrected chi connectivity index (χ1v) is 11.8. The molecule has 0 bridgehead atoms. The normalized spacial score (nSPS) is 15.6. The molecule has 0 saturated carbocycles. The lowest BCUT2D eigenvalue weighted by Crippen LogP contribution is -2.24. The fourth-order valence-corrected chi connectivity index (χ4v) is 5.35. The van der Waals surface area contributed by atoms with E-state index in [0.717, 1.165) is 34.7 Å². The maximum absolute atomic E-state index is 13.0. The largest absolute Gasteiger partial charge is 0.496 e. The minimum atomic E-state index is -0.429. The second-order valence-corrected chi connectivity index (χ2v) is 9.17. The van der Waals surface area contributed by atoms with Crippen molar-refractivity contribution in [1.29, 1.82) is 0 Å². The Balaban J connectivity index is 1.89. The molecule has 1 aliphatic rings. The van der Waals surface area contributed by atoms with Gasteiger partial charge >= 0.3 is 0 Å². The summed E-state index contributed by atoms with van der Waals surface area (Å²) in [5, 5.41) is 11.0. The monoisotopic (exact) mass is 467 g/mol. The number of fused-ring (bicyclic) bond motifs is 1. The topological polar surface area (TPSA) is 79.6 Å². The van der Waals surface area contributed by atoms with Gasteiger partial charge < -0.3 is 9.84 Å². The molecule has 6 nitrogen and oxygen atoms in total. The number of aromatic amines is 1. The van der Waals surface area contributed by atoms with Crippen LogP contribution in [0.15, 0.2) is 63.2 Å². The van der Waals surface area contributed by atoms with Crippen molar-refractivity contribution in [2.45, 2.75) is 42.9 Å². The fourth-order valence-electron chi connectivity index (χ4n) is 3.82. The number of benzene rings is 2.